The fourth-order valence-corrected chi connectivity index (χ4v) is 2.71. The summed E-state index contributed by atoms with van der Waals surface area (Å²) >= 11 is 0. The highest BCUT2D eigenvalue weighted by Gasteiger charge is 2.21. The molecule has 1 aromatic heterocycles. The van der Waals surface area contributed by atoms with Gasteiger partial charge >= 0.3 is 11.6 Å². The van der Waals surface area contributed by atoms with Crippen LogP contribution in [0.15, 0.2) is 63.8 Å². The molecular weight excluding hydrogens is 350 g/mol. The molecule has 138 valence electrons. The van der Waals surface area contributed by atoms with E-state index in [1.807, 2.05) is 6.07 Å². The number of phenolic OH excluding ortho intramolecular Hbond substituents is 1. The van der Waals surface area contributed by atoms with Gasteiger partial charge in [0.15, 0.2) is 0 Å². The van der Waals surface area contributed by atoms with Gasteiger partial charge in [0.05, 0.1) is 25.1 Å². The molecule has 0 spiro atoms. The average Bonchev–Trinajstić information content (AvgIpc) is 2.67. The van der Waals surface area contributed by atoms with Crippen LogP contribution in [0.2, 0.25) is 0 Å². The first-order valence-electron chi connectivity index (χ1n) is 8.17. The van der Waals surface area contributed by atoms with Gasteiger partial charge < -0.3 is 19.6 Å². The van der Waals surface area contributed by atoms with Crippen molar-refractivity contribution in [2.24, 2.45) is 0 Å². The Kier molecular flexibility index (Phi) is 5.21. The van der Waals surface area contributed by atoms with E-state index in [0.717, 1.165) is 5.56 Å². The van der Waals surface area contributed by atoms with Crippen LogP contribution in [-0.4, -0.2) is 24.1 Å². The van der Waals surface area contributed by atoms with Crippen molar-refractivity contribution in [1.82, 2.24) is 5.32 Å². The second-order valence-electron chi connectivity index (χ2n) is 5.88. The Morgan fingerprint density at radius 3 is 2.59 bits per heavy atom. The molecule has 1 amide bonds. The summed E-state index contributed by atoms with van der Waals surface area (Å²) in [6.07, 6.45) is -0.0600. The molecule has 1 unspecified atom stereocenters. The molecule has 2 N–H and O–H groups in total. The first kappa shape index (κ1) is 18.2. The van der Waals surface area contributed by atoms with Gasteiger partial charge in [0, 0.05) is 17.5 Å². The highest BCUT2D eigenvalue weighted by molar-refractivity contribution is 6.00. The second-order valence-corrected chi connectivity index (χ2v) is 5.88. The molecule has 1 atom stereocenters. The van der Waals surface area contributed by atoms with Crippen molar-refractivity contribution in [3.05, 3.63) is 76.1 Å². The van der Waals surface area contributed by atoms with Crippen LogP contribution in [0, 0.1) is 0 Å². The minimum absolute atomic E-state index is 0.00199. The third kappa shape index (κ3) is 4.14. The Bertz CT molecular complexity index is 1040. The van der Waals surface area contributed by atoms with Gasteiger partial charge in [-0.25, -0.2) is 4.79 Å². The average molecular weight is 367 g/mol. The maximum atomic E-state index is 12.7. The lowest BCUT2D eigenvalue weighted by atomic mass is 10.0. The van der Waals surface area contributed by atoms with Crippen molar-refractivity contribution in [3.8, 4) is 5.75 Å². The quantitative estimate of drug-likeness (QED) is 0.530. The van der Waals surface area contributed by atoms with Gasteiger partial charge in [0.2, 0.25) is 0 Å². The molecule has 0 saturated carbocycles. The van der Waals surface area contributed by atoms with E-state index in [1.54, 1.807) is 24.3 Å². The summed E-state index contributed by atoms with van der Waals surface area (Å²) < 4.78 is 9.69. The number of phenols is 1. The van der Waals surface area contributed by atoms with E-state index in [9.17, 15) is 19.5 Å². The van der Waals surface area contributed by atoms with Crippen molar-refractivity contribution < 1.29 is 23.8 Å². The summed E-state index contributed by atoms with van der Waals surface area (Å²) in [6.45, 7) is 0. The molecule has 0 saturated heterocycles. The van der Waals surface area contributed by atoms with E-state index in [2.05, 4.69) is 5.32 Å². The largest absolute Gasteiger partial charge is 0.507 e. The monoisotopic (exact) mass is 367 g/mol. The number of ether oxygens (including phenoxy) is 1. The number of aromatic hydroxyl groups is 1. The number of nitrogens with one attached hydrogen (secondary N) is 1. The van der Waals surface area contributed by atoms with Crippen molar-refractivity contribution in [1.29, 1.82) is 0 Å². The molecule has 0 aliphatic heterocycles. The predicted molar refractivity (Wildman–Crippen MR) is 97.4 cm³/mol. The number of hydrogen-bond donors (Lipinski definition) is 2. The second kappa shape index (κ2) is 7.74. The molecule has 0 fully saturated rings. The van der Waals surface area contributed by atoms with E-state index in [-0.39, 0.29) is 23.3 Å². The molecule has 3 aromatic rings. The Morgan fingerprint density at radius 2 is 1.89 bits per heavy atom. The fourth-order valence-electron chi connectivity index (χ4n) is 2.71. The van der Waals surface area contributed by atoms with Crippen LogP contribution in [0.1, 0.15) is 28.4 Å². The summed E-state index contributed by atoms with van der Waals surface area (Å²) in [7, 11) is 1.27. The first-order chi connectivity index (χ1) is 13.0. The first-order valence-corrected chi connectivity index (χ1v) is 8.17. The van der Waals surface area contributed by atoms with E-state index in [0.29, 0.717) is 5.39 Å². The number of carbonyl (C=O) groups excluding carboxylic acids is 2. The maximum Gasteiger partial charge on any atom is 0.336 e. The summed E-state index contributed by atoms with van der Waals surface area (Å²) in [4.78, 5) is 35.7. The van der Waals surface area contributed by atoms with Gasteiger partial charge in [-0.3, -0.25) is 9.59 Å². The molecule has 27 heavy (non-hydrogen) atoms. The third-order valence-corrected chi connectivity index (χ3v) is 4.09. The zero-order chi connectivity index (χ0) is 19.4. The number of rotatable bonds is 5. The molecule has 7 heteroatoms. The summed E-state index contributed by atoms with van der Waals surface area (Å²) in [5.74, 6) is -1.38. The number of methoxy groups -OCH3 is 1. The van der Waals surface area contributed by atoms with E-state index < -0.39 is 23.5 Å². The Balaban J connectivity index is 1.92. The molecule has 0 aliphatic carbocycles. The lowest BCUT2D eigenvalue weighted by Crippen LogP contribution is -2.30. The summed E-state index contributed by atoms with van der Waals surface area (Å²) in [5.41, 5.74) is 0.344. The topological polar surface area (TPSA) is 106 Å². The SMILES string of the molecule is COC(=O)CC(NC(=O)c1cc2ccc(=O)oc2cc1O)c1ccccc1. The van der Waals surface area contributed by atoms with Crippen LogP contribution in [0.3, 0.4) is 0 Å². The van der Waals surface area contributed by atoms with Gasteiger partial charge in [0.1, 0.15) is 11.3 Å². The minimum atomic E-state index is -0.630. The van der Waals surface area contributed by atoms with Crippen molar-refractivity contribution in [2.45, 2.75) is 12.5 Å². The fraction of sp³-hybridized carbons (Fsp3) is 0.150. The van der Waals surface area contributed by atoms with Crippen LogP contribution >= 0.6 is 0 Å². The molecule has 2 aromatic carbocycles. The highest BCUT2D eigenvalue weighted by Crippen LogP contribution is 2.25. The van der Waals surface area contributed by atoms with Crippen molar-refractivity contribution >= 4 is 22.8 Å². The molecule has 0 radical (unpaired) electrons. The van der Waals surface area contributed by atoms with Crippen molar-refractivity contribution in [2.75, 3.05) is 7.11 Å². The van der Waals surface area contributed by atoms with E-state index >= 15 is 0 Å². The van der Waals surface area contributed by atoms with Gasteiger partial charge in [-0.1, -0.05) is 30.3 Å². The Hall–Kier alpha value is -3.61. The van der Waals surface area contributed by atoms with Crippen LogP contribution in [0.4, 0.5) is 0 Å². The Morgan fingerprint density at radius 1 is 1.15 bits per heavy atom. The van der Waals surface area contributed by atoms with Crippen LogP contribution in [0.5, 0.6) is 5.75 Å². The number of benzene rings is 2. The normalized spacial score (nSPS) is 11.7. The zero-order valence-corrected chi connectivity index (χ0v) is 14.5. The molecular formula is C20H17NO6. The van der Waals surface area contributed by atoms with Gasteiger partial charge in [-0.15, -0.1) is 0 Å². The standard InChI is InChI=1S/C20H17NO6/c1-26-19(24)10-15(12-5-3-2-4-6-12)21-20(25)14-9-13-7-8-18(23)27-17(13)11-16(14)22/h2-9,11,15,22H,10H2,1H3,(H,21,25). The van der Waals surface area contributed by atoms with E-state index in [4.69, 9.17) is 9.15 Å². The van der Waals surface area contributed by atoms with Crippen LogP contribution < -0.4 is 10.9 Å². The number of hydrogen-bond acceptors (Lipinski definition) is 6. The minimum Gasteiger partial charge on any atom is -0.507 e. The number of amides is 1. The zero-order valence-electron chi connectivity index (χ0n) is 14.5. The highest BCUT2D eigenvalue weighted by atomic mass is 16.5. The third-order valence-electron chi connectivity index (χ3n) is 4.09. The summed E-state index contributed by atoms with van der Waals surface area (Å²) in [6, 6.07) is 13.7. The van der Waals surface area contributed by atoms with Crippen molar-refractivity contribution in [3.63, 3.8) is 0 Å². The lowest BCUT2D eigenvalue weighted by molar-refractivity contribution is -0.141. The smallest absolute Gasteiger partial charge is 0.336 e. The van der Waals surface area contributed by atoms with E-state index in [1.165, 1.54) is 31.4 Å². The van der Waals surface area contributed by atoms with Crippen LogP contribution in [0.25, 0.3) is 11.0 Å². The van der Waals surface area contributed by atoms with Gasteiger partial charge in [-0.2, -0.15) is 0 Å². The maximum absolute atomic E-state index is 12.7. The molecule has 0 aliphatic rings. The summed E-state index contributed by atoms with van der Waals surface area (Å²) in [5, 5.41) is 13.4. The number of carbonyl (C=O) groups is 2. The molecule has 7 nitrogen and oxygen atoms in total. The number of esters is 1. The van der Waals surface area contributed by atoms with Gasteiger partial charge in [0.25, 0.3) is 5.91 Å². The molecule has 1 heterocycles. The Labute approximate surface area is 154 Å². The molecule has 3 rings (SSSR count). The predicted octanol–water partition coefficient (Wildman–Crippen LogP) is 2.53. The van der Waals surface area contributed by atoms with Crippen LogP contribution in [-0.2, 0) is 9.53 Å². The molecule has 0 bridgehead atoms. The lowest BCUT2D eigenvalue weighted by Gasteiger charge is -2.18. The number of fused-ring (bicyclic) bond motifs is 1. The van der Waals surface area contributed by atoms with Gasteiger partial charge in [-0.05, 0) is 17.7 Å².